The molecule has 1 aliphatic heterocycles. The maximum atomic E-state index is 13.4. The van der Waals surface area contributed by atoms with E-state index in [1.807, 2.05) is 12.4 Å². The van der Waals surface area contributed by atoms with Gasteiger partial charge < -0.3 is 9.64 Å². The van der Waals surface area contributed by atoms with Gasteiger partial charge in [0.25, 0.3) is 5.91 Å². The van der Waals surface area contributed by atoms with Crippen molar-refractivity contribution in [3.8, 4) is 5.75 Å². The smallest absolute Gasteiger partial charge is 0.260 e. The van der Waals surface area contributed by atoms with E-state index in [1.165, 1.54) is 30.5 Å². The molecule has 1 aromatic carbocycles. The van der Waals surface area contributed by atoms with Gasteiger partial charge in [-0.2, -0.15) is 0 Å². The molecule has 0 unspecified atom stereocenters. The lowest BCUT2D eigenvalue weighted by Crippen LogP contribution is -2.50. The zero-order chi connectivity index (χ0) is 16.5. The molecule has 0 atom stereocenters. The average molecular weight is 327 g/mol. The molecule has 24 heavy (non-hydrogen) atoms. The first-order chi connectivity index (χ1) is 11.7. The fourth-order valence-electron chi connectivity index (χ4n) is 2.82. The third-order valence-electron chi connectivity index (χ3n) is 4.53. The maximum absolute atomic E-state index is 13.4. The lowest BCUT2D eigenvalue weighted by Gasteiger charge is -2.38. The van der Waals surface area contributed by atoms with Crippen molar-refractivity contribution < 1.29 is 13.9 Å². The Hall–Kier alpha value is -2.50. The van der Waals surface area contributed by atoms with E-state index in [1.54, 1.807) is 17.0 Å². The standard InChI is InChI=1S/C18H18FN3O2/c19-15-3-1-2-4-16(15)24-11-17(23)22-9-14(10-22)18-20-7-13(8-21-18)12-5-6-12/h1-4,7-8,12,14H,5-6,9-11H2. The molecule has 1 saturated carbocycles. The van der Waals surface area contributed by atoms with Crippen molar-refractivity contribution in [2.24, 2.45) is 0 Å². The van der Waals surface area contributed by atoms with Gasteiger partial charge in [0.15, 0.2) is 18.2 Å². The average Bonchev–Trinajstić information content (AvgIpc) is 3.38. The number of carbonyl (C=O) groups excluding carboxylic acids is 1. The van der Waals surface area contributed by atoms with E-state index >= 15 is 0 Å². The Morgan fingerprint density at radius 3 is 2.54 bits per heavy atom. The number of aromatic nitrogens is 2. The number of ether oxygens (including phenoxy) is 1. The minimum Gasteiger partial charge on any atom is -0.481 e. The Bertz CT molecular complexity index is 740. The molecule has 2 aliphatic rings. The number of rotatable bonds is 5. The summed E-state index contributed by atoms with van der Waals surface area (Å²) in [5.74, 6) is 1.10. The summed E-state index contributed by atoms with van der Waals surface area (Å²) in [7, 11) is 0. The van der Waals surface area contributed by atoms with E-state index in [9.17, 15) is 9.18 Å². The third kappa shape index (κ3) is 3.09. The second-order valence-electron chi connectivity index (χ2n) is 6.36. The molecule has 1 saturated heterocycles. The summed E-state index contributed by atoms with van der Waals surface area (Å²) in [6.45, 7) is 1.01. The summed E-state index contributed by atoms with van der Waals surface area (Å²) in [5.41, 5.74) is 1.21. The lowest BCUT2D eigenvalue weighted by molar-refractivity contribution is -0.138. The van der Waals surface area contributed by atoms with Crippen LogP contribution in [0.15, 0.2) is 36.7 Å². The van der Waals surface area contributed by atoms with Gasteiger partial charge >= 0.3 is 0 Å². The summed E-state index contributed by atoms with van der Waals surface area (Å²) in [4.78, 5) is 22.6. The monoisotopic (exact) mass is 327 g/mol. The van der Waals surface area contributed by atoms with Crippen LogP contribution in [0.25, 0.3) is 0 Å². The summed E-state index contributed by atoms with van der Waals surface area (Å²) in [6.07, 6.45) is 6.28. The number of nitrogens with zero attached hydrogens (tertiary/aromatic N) is 3. The molecule has 2 heterocycles. The quantitative estimate of drug-likeness (QED) is 0.847. The van der Waals surface area contributed by atoms with Crippen LogP contribution in [0.2, 0.25) is 0 Å². The number of hydrogen-bond acceptors (Lipinski definition) is 4. The Balaban J connectivity index is 1.27. The number of likely N-dealkylation sites (tertiary alicyclic amines) is 1. The van der Waals surface area contributed by atoms with Gasteiger partial charge in [-0.05, 0) is 36.5 Å². The van der Waals surface area contributed by atoms with Crippen LogP contribution < -0.4 is 4.74 Å². The van der Waals surface area contributed by atoms with Crippen LogP contribution in [-0.2, 0) is 4.79 Å². The van der Waals surface area contributed by atoms with Gasteiger partial charge in [-0.15, -0.1) is 0 Å². The highest BCUT2D eigenvalue weighted by Gasteiger charge is 2.34. The highest BCUT2D eigenvalue weighted by molar-refractivity contribution is 5.78. The molecule has 0 N–H and O–H groups in total. The highest BCUT2D eigenvalue weighted by Crippen LogP contribution is 2.39. The fourth-order valence-corrected chi connectivity index (χ4v) is 2.82. The van der Waals surface area contributed by atoms with E-state index in [0.717, 1.165) is 5.82 Å². The fraction of sp³-hybridized carbons (Fsp3) is 0.389. The van der Waals surface area contributed by atoms with Crippen molar-refractivity contribution >= 4 is 5.91 Å². The van der Waals surface area contributed by atoms with Gasteiger partial charge in [0.2, 0.25) is 0 Å². The van der Waals surface area contributed by atoms with E-state index in [-0.39, 0.29) is 24.2 Å². The van der Waals surface area contributed by atoms with Crippen molar-refractivity contribution in [1.29, 1.82) is 0 Å². The van der Waals surface area contributed by atoms with Crippen molar-refractivity contribution in [3.63, 3.8) is 0 Å². The van der Waals surface area contributed by atoms with Crippen LogP contribution in [0, 0.1) is 5.82 Å². The molecule has 6 heteroatoms. The normalized spacial score (nSPS) is 17.5. The van der Waals surface area contributed by atoms with Crippen molar-refractivity contribution in [3.05, 3.63) is 53.9 Å². The maximum Gasteiger partial charge on any atom is 0.260 e. The van der Waals surface area contributed by atoms with Crippen LogP contribution in [0.5, 0.6) is 5.75 Å². The highest BCUT2D eigenvalue weighted by atomic mass is 19.1. The summed E-state index contributed by atoms with van der Waals surface area (Å²) in [5, 5.41) is 0. The molecule has 4 rings (SSSR count). The first kappa shape index (κ1) is 15.1. The predicted octanol–water partition coefficient (Wildman–Crippen LogP) is 2.50. The van der Waals surface area contributed by atoms with Crippen LogP contribution in [0.1, 0.15) is 36.1 Å². The third-order valence-corrected chi connectivity index (χ3v) is 4.53. The second-order valence-corrected chi connectivity index (χ2v) is 6.36. The van der Waals surface area contributed by atoms with E-state index < -0.39 is 5.82 Å². The summed E-state index contributed by atoms with van der Waals surface area (Å²) >= 11 is 0. The molecule has 1 aromatic heterocycles. The molecule has 1 aliphatic carbocycles. The number of hydrogen-bond donors (Lipinski definition) is 0. The molecular formula is C18H18FN3O2. The van der Waals surface area contributed by atoms with Crippen molar-refractivity contribution in [1.82, 2.24) is 14.9 Å². The van der Waals surface area contributed by atoms with E-state index in [4.69, 9.17) is 4.74 Å². The largest absolute Gasteiger partial charge is 0.481 e. The topological polar surface area (TPSA) is 55.3 Å². The van der Waals surface area contributed by atoms with Crippen molar-refractivity contribution in [2.45, 2.75) is 24.7 Å². The Morgan fingerprint density at radius 2 is 1.88 bits per heavy atom. The minimum absolute atomic E-state index is 0.0990. The molecule has 0 spiro atoms. The van der Waals surface area contributed by atoms with Gasteiger partial charge in [-0.1, -0.05) is 12.1 Å². The lowest BCUT2D eigenvalue weighted by atomic mass is 9.99. The first-order valence-electron chi connectivity index (χ1n) is 8.17. The predicted molar refractivity (Wildman–Crippen MR) is 85.2 cm³/mol. The van der Waals surface area contributed by atoms with Gasteiger partial charge in [0, 0.05) is 25.5 Å². The van der Waals surface area contributed by atoms with Crippen LogP contribution in [0.4, 0.5) is 4.39 Å². The van der Waals surface area contributed by atoms with Crippen molar-refractivity contribution in [2.75, 3.05) is 19.7 Å². The number of halogens is 1. The van der Waals surface area contributed by atoms with Crippen LogP contribution in [-0.4, -0.2) is 40.5 Å². The van der Waals surface area contributed by atoms with Crippen LogP contribution >= 0.6 is 0 Å². The molecule has 124 valence electrons. The summed E-state index contributed by atoms with van der Waals surface area (Å²) in [6, 6.07) is 6.07. The molecule has 2 aromatic rings. The molecular weight excluding hydrogens is 309 g/mol. The van der Waals surface area contributed by atoms with Crippen LogP contribution in [0.3, 0.4) is 0 Å². The van der Waals surface area contributed by atoms with Gasteiger partial charge in [0.1, 0.15) is 5.82 Å². The Morgan fingerprint density at radius 1 is 1.17 bits per heavy atom. The zero-order valence-electron chi connectivity index (χ0n) is 13.2. The molecule has 0 bridgehead atoms. The Kier molecular flexibility index (Phi) is 3.88. The molecule has 2 fully saturated rings. The first-order valence-corrected chi connectivity index (χ1v) is 8.17. The van der Waals surface area contributed by atoms with Gasteiger partial charge in [0.05, 0.1) is 5.92 Å². The second kappa shape index (κ2) is 6.19. The van der Waals surface area contributed by atoms with Gasteiger partial charge in [-0.3, -0.25) is 4.79 Å². The molecule has 0 radical (unpaired) electrons. The molecule has 1 amide bonds. The number of amides is 1. The summed E-state index contributed by atoms with van der Waals surface area (Å²) < 4.78 is 18.7. The number of benzene rings is 1. The SMILES string of the molecule is O=C(COc1ccccc1F)N1CC(c2ncc(C3CC3)cn2)C1. The van der Waals surface area contributed by atoms with E-state index in [2.05, 4.69) is 9.97 Å². The Labute approximate surface area is 139 Å². The van der Waals surface area contributed by atoms with E-state index in [0.29, 0.717) is 19.0 Å². The zero-order valence-corrected chi connectivity index (χ0v) is 13.2. The number of carbonyl (C=O) groups is 1. The minimum atomic E-state index is -0.462. The molecule has 5 nitrogen and oxygen atoms in total. The number of para-hydroxylation sites is 1. The van der Waals surface area contributed by atoms with Gasteiger partial charge in [-0.25, -0.2) is 14.4 Å².